The molecule has 2 rings (SSSR count). The number of nitrogens with zero attached hydrogens (tertiary/aromatic N) is 1. The second-order valence-corrected chi connectivity index (χ2v) is 5.35. The van der Waals surface area contributed by atoms with Crippen LogP contribution in [-0.4, -0.2) is 36.1 Å². The molecule has 0 saturated carbocycles. The number of amides is 1. The van der Waals surface area contributed by atoms with Crippen LogP contribution in [0.15, 0.2) is 18.2 Å². The number of nitrogen functional groups attached to an aromatic ring is 1. The van der Waals surface area contributed by atoms with Gasteiger partial charge in [0.05, 0.1) is 12.2 Å². The number of nitrogens with two attached hydrogens (primary N) is 1. The highest BCUT2D eigenvalue weighted by molar-refractivity contribution is 5.97. The summed E-state index contributed by atoms with van der Waals surface area (Å²) in [7, 11) is 0. The lowest BCUT2D eigenvalue weighted by atomic mass is 10.0. The molecule has 0 radical (unpaired) electrons. The van der Waals surface area contributed by atoms with Crippen LogP contribution in [0.1, 0.15) is 29.8 Å². The zero-order valence-corrected chi connectivity index (χ0v) is 11.2. The molecular formula is C14H20N2O2. The van der Waals surface area contributed by atoms with Gasteiger partial charge in [-0.15, -0.1) is 0 Å². The summed E-state index contributed by atoms with van der Waals surface area (Å²) >= 11 is 0. The van der Waals surface area contributed by atoms with Gasteiger partial charge in [-0.3, -0.25) is 4.79 Å². The standard InChI is InChI=1S/C14H20N2O2/c1-10-11(5-4-6-12(10)15)13(17)16-7-8-18-14(2,3)9-16/h4-6H,7-9,15H2,1-3H3. The average molecular weight is 248 g/mol. The molecule has 1 aromatic carbocycles. The highest BCUT2D eigenvalue weighted by atomic mass is 16.5. The van der Waals surface area contributed by atoms with Crippen LogP contribution in [0.5, 0.6) is 0 Å². The summed E-state index contributed by atoms with van der Waals surface area (Å²) in [6.45, 7) is 7.71. The molecule has 1 aromatic rings. The first kappa shape index (κ1) is 12.9. The Balaban J connectivity index is 2.23. The highest BCUT2D eigenvalue weighted by Crippen LogP contribution is 2.21. The van der Waals surface area contributed by atoms with Gasteiger partial charge >= 0.3 is 0 Å². The van der Waals surface area contributed by atoms with Gasteiger partial charge in [0.1, 0.15) is 0 Å². The maximum Gasteiger partial charge on any atom is 0.254 e. The van der Waals surface area contributed by atoms with Crippen molar-refractivity contribution in [3.8, 4) is 0 Å². The number of anilines is 1. The van der Waals surface area contributed by atoms with Gasteiger partial charge in [0.15, 0.2) is 0 Å². The molecule has 1 saturated heterocycles. The smallest absolute Gasteiger partial charge is 0.254 e. The number of hydrogen-bond acceptors (Lipinski definition) is 3. The molecular weight excluding hydrogens is 228 g/mol. The quantitative estimate of drug-likeness (QED) is 0.771. The van der Waals surface area contributed by atoms with Gasteiger partial charge in [0.25, 0.3) is 5.91 Å². The minimum Gasteiger partial charge on any atom is -0.398 e. The van der Waals surface area contributed by atoms with Crippen molar-refractivity contribution in [2.75, 3.05) is 25.4 Å². The predicted octanol–water partition coefficient (Wildman–Crippen LogP) is 1.83. The average Bonchev–Trinajstić information content (AvgIpc) is 2.30. The molecule has 4 nitrogen and oxygen atoms in total. The lowest BCUT2D eigenvalue weighted by molar-refractivity contribution is -0.0764. The van der Waals surface area contributed by atoms with E-state index in [0.29, 0.717) is 30.9 Å². The third-order valence-electron chi connectivity index (χ3n) is 3.32. The summed E-state index contributed by atoms with van der Waals surface area (Å²) in [5.74, 6) is 0.0381. The molecule has 0 spiro atoms. The normalized spacial score (nSPS) is 18.7. The lowest BCUT2D eigenvalue weighted by Crippen LogP contribution is -2.50. The Morgan fingerprint density at radius 3 is 2.83 bits per heavy atom. The predicted molar refractivity (Wildman–Crippen MR) is 71.5 cm³/mol. The summed E-state index contributed by atoms with van der Waals surface area (Å²) in [6, 6.07) is 5.47. The first-order valence-corrected chi connectivity index (χ1v) is 6.19. The molecule has 2 N–H and O–H groups in total. The van der Waals surface area contributed by atoms with Crippen LogP contribution >= 0.6 is 0 Å². The summed E-state index contributed by atoms with van der Waals surface area (Å²) < 4.78 is 5.62. The monoisotopic (exact) mass is 248 g/mol. The zero-order chi connectivity index (χ0) is 13.3. The Kier molecular flexibility index (Phi) is 3.30. The molecule has 98 valence electrons. The van der Waals surface area contributed by atoms with Crippen LogP contribution in [0, 0.1) is 6.92 Å². The molecule has 0 atom stereocenters. The van der Waals surface area contributed by atoms with Crippen molar-refractivity contribution in [3.05, 3.63) is 29.3 Å². The lowest BCUT2D eigenvalue weighted by Gasteiger charge is -2.38. The first-order chi connectivity index (χ1) is 8.41. The number of rotatable bonds is 1. The number of benzene rings is 1. The molecule has 0 aliphatic carbocycles. The molecule has 0 unspecified atom stereocenters. The van der Waals surface area contributed by atoms with E-state index < -0.39 is 0 Å². The van der Waals surface area contributed by atoms with Crippen molar-refractivity contribution >= 4 is 11.6 Å². The topological polar surface area (TPSA) is 55.6 Å². The first-order valence-electron chi connectivity index (χ1n) is 6.19. The van der Waals surface area contributed by atoms with Crippen molar-refractivity contribution in [1.29, 1.82) is 0 Å². The number of hydrogen-bond donors (Lipinski definition) is 1. The number of morpholine rings is 1. The summed E-state index contributed by atoms with van der Waals surface area (Å²) in [5.41, 5.74) is 7.77. The van der Waals surface area contributed by atoms with E-state index in [1.807, 2.05) is 43.9 Å². The second-order valence-electron chi connectivity index (χ2n) is 5.35. The molecule has 0 aromatic heterocycles. The van der Waals surface area contributed by atoms with Crippen molar-refractivity contribution in [2.45, 2.75) is 26.4 Å². The Morgan fingerprint density at radius 2 is 2.17 bits per heavy atom. The van der Waals surface area contributed by atoms with E-state index in [9.17, 15) is 4.79 Å². The second kappa shape index (κ2) is 4.61. The number of ether oxygens (including phenoxy) is 1. The van der Waals surface area contributed by atoms with E-state index >= 15 is 0 Å². The van der Waals surface area contributed by atoms with E-state index in [4.69, 9.17) is 10.5 Å². The third-order valence-corrected chi connectivity index (χ3v) is 3.32. The minimum atomic E-state index is -0.276. The maximum absolute atomic E-state index is 12.5. The Bertz CT molecular complexity index is 469. The van der Waals surface area contributed by atoms with E-state index in [1.54, 1.807) is 0 Å². The molecule has 1 fully saturated rings. The molecule has 1 aliphatic rings. The fourth-order valence-electron chi connectivity index (χ4n) is 2.25. The van der Waals surface area contributed by atoms with Crippen LogP contribution in [-0.2, 0) is 4.74 Å². The fourth-order valence-corrected chi connectivity index (χ4v) is 2.25. The van der Waals surface area contributed by atoms with Crippen molar-refractivity contribution < 1.29 is 9.53 Å². The highest BCUT2D eigenvalue weighted by Gasteiger charge is 2.30. The van der Waals surface area contributed by atoms with Crippen molar-refractivity contribution in [2.24, 2.45) is 0 Å². The Hall–Kier alpha value is -1.55. The minimum absolute atomic E-state index is 0.0381. The van der Waals surface area contributed by atoms with E-state index in [1.165, 1.54) is 0 Å². The summed E-state index contributed by atoms with van der Waals surface area (Å²) in [5, 5.41) is 0. The summed E-state index contributed by atoms with van der Waals surface area (Å²) in [4.78, 5) is 14.3. The van der Waals surface area contributed by atoms with Crippen LogP contribution in [0.4, 0.5) is 5.69 Å². The van der Waals surface area contributed by atoms with Crippen molar-refractivity contribution in [1.82, 2.24) is 4.90 Å². The van der Waals surface area contributed by atoms with Gasteiger partial charge in [0, 0.05) is 24.3 Å². The molecule has 0 bridgehead atoms. The molecule has 4 heteroatoms. The van der Waals surface area contributed by atoms with Crippen LogP contribution < -0.4 is 5.73 Å². The maximum atomic E-state index is 12.5. The fraction of sp³-hybridized carbons (Fsp3) is 0.500. The zero-order valence-electron chi connectivity index (χ0n) is 11.2. The molecule has 1 heterocycles. The number of carbonyl (C=O) groups is 1. The Morgan fingerprint density at radius 1 is 1.44 bits per heavy atom. The van der Waals surface area contributed by atoms with E-state index in [0.717, 1.165) is 5.56 Å². The molecule has 1 amide bonds. The van der Waals surface area contributed by atoms with Gasteiger partial charge in [0.2, 0.25) is 0 Å². The van der Waals surface area contributed by atoms with Crippen LogP contribution in [0.25, 0.3) is 0 Å². The van der Waals surface area contributed by atoms with Gasteiger partial charge in [-0.1, -0.05) is 6.07 Å². The van der Waals surface area contributed by atoms with Gasteiger partial charge in [-0.05, 0) is 38.5 Å². The third kappa shape index (κ3) is 2.48. The van der Waals surface area contributed by atoms with Gasteiger partial charge < -0.3 is 15.4 Å². The van der Waals surface area contributed by atoms with E-state index in [2.05, 4.69) is 0 Å². The van der Waals surface area contributed by atoms with Gasteiger partial charge in [-0.2, -0.15) is 0 Å². The molecule has 1 aliphatic heterocycles. The van der Waals surface area contributed by atoms with E-state index in [-0.39, 0.29) is 11.5 Å². The van der Waals surface area contributed by atoms with Gasteiger partial charge in [-0.25, -0.2) is 0 Å². The van der Waals surface area contributed by atoms with Crippen molar-refractivity contribution in [3.63, 3.8) is 0 Å². The number of carbonyl (C=O) groups excluding carboxylic acids is 1. The van der Waals surface area contributed by atoms with Crippen LogP contribution in [0.3, 0.4) is 0 Å². The largest absolute Gasteiger partial charge is 0.398 e. The van der Waals surface area contributed by atoms with Crippen LogP contribution in [0.2, 0.25) is 0 Å². The SMILES string of the molecule is Cc1c(N)cccc1C(=O)N1CCOC(C)(C)C1. The molecule has 18 heavy (non-hydrogen) atoms. The summed E-state index contributed by atoms with van der Waals surface area (Å²) in [6.07, 6.45) is 0. The Labute approximate surface area is 108 Å².